The summed E-state index contributed by atoms with van der Waals surface area (Å²) in [6.07, 6.45) is -1.10. The number of aromatic amines is 1. The molecule has 0 spiro atoms. The molecule has 1 amide bonds. The number of carbonyl (C=O) groups excluding carboxylic acids is 1. The molecule has 32 heavy (non-hydrogen) atoms. The molecule has 1 aromatic heterocycles. The van der Waals surface area contributed by atoms with Crippen LogP contribution in [0.4, 0.5) is 0 Å². The molecule has 0 radical (unpaired) electrons. The van der Waals surface area contributed by atoms with Crippen molar-refractivity contribution < 1.29 is 9.90 Å². The average Bonchev–Trinajstić information content (AvgIpc) is 3.28. The van der Waals surface area contributed by atoms with Gasteiger partial charge in [-0.2, -0.15) is 0 Å². The zero-order valence-corrected chi connectivity index (χ0v) is 17.8. The highest BCUT2D eigenvalue weighted by molar-refractivity contribution is 5.98. The van der Waals surface area contributed by atoms with E-state index in [1.807, 2.05) is 18.2 Å². The summed E-state index contributed by atoms with van der Waals surface area (Å²) in [6, 6.07) is 17.2. The summed E-state index contributed by atoms with van der Waals surface area (Å²) in [5.41, 5.74) is 1.97. The monoisotopic (exact) mass is 431 g/mol. The molecular weight excluding hydrogens is 406 g/mol. The standard InChI is InChI=1S/C24H25N5O3/c1-15-11-28(12-16-7-3-2-4-8-16)13-19(15)21-25-22(30)20(26-27-21)14-29-23(31)17-9-5-6-10-18(17)24(29)32/h2-10,15,19,23,31H,11-14H2,1H3,(H,25,27,30). The second-order valence-electron chi connectivity index (χ2n) is 8.64. The van der Waals surface area contributed by atoms with E-state index in [9.17, 15) is 14.7 Å². The maximum absolute atomic E-state index is 12.8. The Kier molecular flexibility index (Phi) is 5.32. The van der Waals surface area contributed by atoms with Gasteiger partial charge in [-0.25, -0.2) is 0 Å². The van der Waals surface area contributed by atoms with Crippen LogP contribution in [0, 0.1) is 5.92 Å². The topological polar surface area (TPSA) is 102 Å². The summed E-state index contributed by atoms with van der Waals surface area (Å²) >= 11 is 0. The van der Waals surface area contributed by atoms with Crippen molar-refractivity contribution in [2.45, 2.75) is 32.2 Å². The van der Waals surface area contributed by atoms with Gasteiger partial charge in [0.05, 0.1) is 6.54 Å². The molecule has 1 fully saturated rings. The van der Waals surface area contributed by atoms with E-state index in [2.05, 4.69) is 39.1 Å². The van der Waals surface area contributed by atoms with E-state index in [1.165, 1.54) is 10.5 Å². The predicted octanol–water partition coefficient (Wildman–Crippen LogP) is 2.05. The Hall–Kier alpha value is -3.36. The van der Waals surface area contributed by atoms with Gasteiger partial charge in [-0.3, -0.25) is 14.5 Å². The minimum absolute atomic E-state index is 0.0798. The summed E-state index contributed by atoms with van der Waals surface area (Å²) in [5, 5.41) is 19.0. The highest BCUT2D eigenvalue weighted by atomic mass is 16.3. The van der Waals surface area contributed by atoms with Gasteiger partial charge in [-0.1, -0.05) is 55.5 Å². The summed E-state index contributed by atoms with van der Waals surface area (Å²) in [7, 11) is 0. The number of likely N-dealkylation sites (tertiary alicyclic amines) is 1. The van der Waals surface area contributed by atoms with Gasteiger partial charge in [0.25, 0.3) is 11.5 Å². The fourth-order valence-electron chi connectivity index (χ4n) is 4.71. The lowest BCUT2D eigenvalue weighted by molar-refractivity contribution is 0.0129. The van der Waals surface area contributed by atoms with Gasteiger partial charge >= 0.3 is 0 Å². The number of nitrogens with one attached hydrogen (secondary N) is 1. The van der Waals surface area contributed by atoms with Gasteiger partial charge in [0, 0.05) is 36.7 Å². The maximum Gasteiger partial charge on any atom is 0.274 e. The van der Waals surface area contributed by atoms with Crippen LogP contribution < -0.4 is 5.56 Å². The number of rotatable bonds is 5. The molecular formula is C24H25N5O3. The molecule has 0 bridgehead atoms. The zero-order valence-electron chi connectivity index (χ0n) is 17.8. The van der Waals surface area contributed by atoms with Crippen LogP contribution in [0.5, 0.6) is 0 Å². The molecule has 3 unspecified atom stereocenters. The largest absolute Gasteiger partial charge is 0.369 e. The Morgan fingerprint density at radius 1 is 1.00 bits per heavy atom. The van der Waals surface area contributed by atoms with Crippen LogP contribution in [0.25, 0.3) is 0 Å². The van der Waals surface area contributed by atoms with Crippen molar-refractivity contribution in [2.75, 3.05) is 13.1 Å². The summed E-state index contributed by atoms with van der Waals surface area (Å²) in [4.78, 5) is 31.9. The fourth-order valence-corrected chi connectivity index (χ4v) is 4.71. The number of hydrogen-bond donors (Lipinski definition) is 2. The van der Waals surface area contributed by atoms with Crippen molar-refractivity contribution in [1.82, 2.24) is 25.0 Å². The molecule has 2 N–H and O–H groups in total. The first-order valence-electron chi connectivity index (χ1n) is 10.8. The Balaban J connectivity index is 1.30. The van der Waals surface area contributed by atoms with Gasteiger partial charge in [0.1, 0.15) is 11.5 Å². The number of benzene rings is 2. The molecule has 3 aromatic rings. The van der Waals surface area contributed by atoms with Crippen LogP contribution in [0.15, 0.2) is 59.4 Å². The van der Waals surface area contributed by atoms with Crippen molar-refractivity contribution >= 4 is 5.91 Å². The van der Waals surface area contributed by atoms with E-state index in [1.54, 1.807) is 24.3 Å². The molecule has 2 aliphatic heterocycles. The maximum atomic E-state index is 12.8. The van der Waals surface area contributed by atoms with E-state index < -0.39 is 6.23 Å². The third kappa shape index (κ3) is 3.72. The highest BCUT2D eigenvalue weighted by Crippen LogP contribution is 2.33. The van der Waals surface area contributed by atoms with E-state index >= 15 is 0 Å². The normalized spacial score (nSPS) is 23.0. The zero-order chi connectivity index (χ0) is 22.2. The van der Waals surface area contributed by atoms with Gasteiger partial charge in [-0.15, -0.1) is 10.2 Å². The van der Waals surface area contributed by atoms with Crippen LogP contribution in [-0.2, 0) is 13.1 Å². The number of amides is 1. The lowest BCUT2D eigenvalue weighted by Gasteiger charge is -2.20. The summed E-state index contributed by atoms with van der Waals surface area (Å²) in [6.45, 7) is 4.61. The molecule has 0 aliphatic carbocycles. The molecule has 8 nitrogen and oxygen atoms in total. The van der Waals surface area contributed by atoms with Crippen LogP contribution >= 0.6 is 0 Å². The number of carbonyl (C=O) groups is 1. The minimum atomic E-state index is -1.10. The third-order valence-electron chi connectivity index (χ3n) is 6.42. The second kappa shape index (κ2) is 8.29. The number of aliphatic hydroxyl groups is 1. The van der Waals surface area contributed by atoms with E-state index in [-0.39, 0.29) is 29.6 Å². The molecule has 0 saturated carbocycles. The Labute approximate surface area is 185 Å². The highest BCUT2D eigenvalue weighted by Gasteiger charge is 2.36. The van der Waals surface area contributed by atoms with Gasteiger partial charge in [-0.05, 0) is 17.5 Å². The van der Waals surface area contributed by atoms with Crippen molar-refractivity contribution in [3.8, 4) is 0 Å². The molecule has 3 atom stereocenters. The number of hydrogen-bond acceptors (Lipinski definition) is 6. The molecule has 2 aliphatic rings. The summed E-state index contributed by atoms with van der Waals surface area (Å²) in [5.74, 6) is 0.653. The first-order chi connectivity index (χ1) is 15.5. The molecule has 3 heterocycles. The summed E-state index contributed by atoms with van der Waals surface area (Å²) < 4.78 is 0. The van der Waals surface area contributed by atoms with Crippen LogP contribution in [-0.4, -0.2) is 49.1 Å². The number of aromatic nitrogens is 3. The number of nitrogens with zero attached hydrogens (tertiary/aromatic N) is 4. The average molecular weight is 431 g/mol. The molecule has 1 saturated heterocycles. The van der Waals surface area contributed by atoms with Crippen molar-refractivity contribution in [1.29, 1.82) is 0 Å². The Morgan fingerprint density at radius 2 is 1.75 bits per heavy atom. The van der Waals surface area contributed by atoms with E-state index in [4.69, 9.17) is 0 Å². The SMILES string of the molecule is CC1CN(Cc2ccccc2)CC1c1nnc(CN2C(=O)c3ccccc3C2O)c(=O)[nH]1. The van der Waals surface area contributed by atoms with Crippen LogP contribution in [0.1, 0.15) is 52.1 Å². The van der Waals surface area contributed by atoms with Crippen LogP contribution in [0.2, 0.25) is 0 Å². The van der Waals surface area contributed by atoms with E-state index in [0.717, 1.165) is 19.6 Å². The number of H-pyrrole nitrogens is 1. The Morgan fingerprint density at radius 3 is 2.50 bits per heavy atom. The van der Waals surface area contributed by atoms with Crippen molar-refractivity contribution in [3.63, 3.8) is 0 Å². The first-order valence-corrected chi connectivity index (χ1v) is 10.8. The number of aliphatic hydroxyl groups excluding tert-OH is 1. The van der Waals surface area contributed by atoms with Crippen LogP contribution in [0.3, 0.4) is 0 Å². The Bertz CT molecular complexity index is 1200. The van der Waals surface area contributed by atoms with Gasteiger partial charge in [0.2, 0.25) is 0 Å². The lowest BCUT2D eigenvalue weighted by Crippen LogP contribution is -2.32. The molecule has 8 heteroatoms. The molecule has 164 valence electrons. The molecule has 5 rings (SSSR count). The van der Waals surface area contributed by atoms with E-state index in [0.29, 0.717) is 22.9 Å². The smallest absolute Gasteiger partial charge is 0.274 e. The van der Waals surface area contributed by atoms with Gasteiger partial charge in [0.15, 0.2) is 6.23 Å². The molecule has 2 aromatic carbocycles. The second-order valence-corrected chi connectivity index (χ2v) is 8.64. The fraction of sp³-hybridized carbons (Fsp3) is 0.333. The number of fused-ring (bicyclic) bond motifs is 1. The quantitative estimate of drug-likeness (QED) is 0.641. The minimum Gasteiger partial charge on any atom is -0.369 e. The first kappa shape index (κ1) is 20.5. The van der Waals surface area contributed by atoms with Crippen molar-refractivity contribution in [2.24, 2.45) is 5.92 Å². The lowest BCUT2D eigenvalue weighted by atomic mass is 9.97. The van der Waals surface area contributed by atoms with Gasteiger partial charge < -0.3 is 15.0 Å². The predicted molar refractivity (Wildman–Crippen MR) is 118 cm³/mol. The van der Waals surface area contributed by atoms with Crippen molar-refractivity contribution in [3.05, 3.63) is 93.2 Å². The third-order valence-corrected chi connectivity index (χ3v) is 6.42.